The van der Waals surface area contributed by atoms with Gasteiger partial charge in [-0.3, -0.25) is 14.4 Å². The Balaban J connectivity index is 1.51. The SMILES string of the molecule is CC(=O)OC[C@@]1(C)[C@H]2CC[C@@]3(CO3)[C@@H](C/C=C3/C(=O)OC[C@H]3OC(=O)CNC(=O)OC(C)(C)C)[C@]2(C)CC[C@H]1OC(C)=O. The van der Waals surface area contributed by atoms with Crippen LogP contribution >= 0.6 is 0 Å². The lowest BCUT2D eigenvalue weighted by atomic mass is 9.45. The summed E-state index contributed by atoms with van der Waals surface area (Å²) >= 11 is 0. The van der Waals surface area contributed by atoms with Gasteiger partial charge in [-0.2, -0.15) is 0 Å². The van der Waals surface area contributed by atoms with Crippen molar-refractivity contribution in [3.8, 4) is 0 Å². The standard InChI is InChI=1S/C31H45NO11/c1-18(33)39-16-30(7)22-10-13-31(17-40-31)23(29(22,6)12-11-24(30)41-19(2)34)9-8-20-21(15-38-26(20)36)42-25(35)14-32-27(37)43-28(3,4)5/h8,21-24H,9-17H2,1-7H3,(H,32,37)/b20-8+/t21-,22+,23+,24-,29-,30+,31-/m1/s1. The first-order valence-corrected chi connectivity index (χ1v) is 15.0. The third kappa shape index (κ3) is 7.16. The van der Waals surface area contributed by atoms with E-state index in [1.165, 1.54) is 13.8 Å². The van der Waals surface area contributed by atoms with E-state index in [-0.39, 0.29) is 47.6 Å². The summed E-state index contributed by atoms with van der Waals surface area (Å²) in [6, 6.07) is 0. The van der Waals surface area contributed by atoms with Crippen LogP contribution in [0.3, 0.4) is 0 Å². The largest absolute Gasteiger partial charge is 0.465 e. The molecule has 0 aromatic rings. The fourth-order valence-corrected chi connectivity index (χ4v) is 7.60. The predicted molar refractivity (Wildman–Crippen MR) is 150 cm³/mol. The maximum absolute atomic E-state index is 12.7. The summed E-state index contributed by atoms with van der Waals surface area (Å²) in [5.41, 5.74) is -1.71. The zero-order chi connectivity index (χ0) is 31.8. The highest BCUT2D eigenvalue weighted by molar-refractivity contribution is 5.92. The second-order valence-electron chi connectivity index (χ2n) is 13.8. The molecule has 2 saturated carbocycles. The van der Waals surface area contributed by atoms with Crippen molar-refractivity contribution < 1.29 is 52.4 Å². The van der Waals surface area contributed by atoms with Gasteiger partial charge in [0.25, 0.3) is 0 Å². The molecule has 0 radical (unpaired) electrons. The number of nitrogens with one attached hydrogen (secondary N) is 1. The summed E-state index contributed by atoms with van der Waals surface area (Å²) in [6.07, 6.45) is 3.15. The molecule has 240 valence electrons. The van der Waals surface area contributed by atoms with Gasteiger partial charge in [-0.15, -0.1) is 0 Å². The van der Waals surface area contributed by atoms with Gasteiger partial charge in [0.05, 0.1) is 17.8 Å². The van der Waals surface area contributed by atoms with Crippen molar-refractivity contribution in [3.63, 3.8) is 0 Å². The number of carbonyl (C=O) groups excluding carboxylic acids is 5. The van der Waals surface area contributed by atoms with Crippen LogP contribution in [0.1, 0.15) is 80.6 Å². The van der Waals surface area contributed by atoms with Crippen LogP contribution in [0.5, 0.6) is 0 Å². The molecule has 12 heteroatoms. The molecule has 0 unspecified atom stereocenters. The lowest BCUT2D eigenvalue weighted by Gasteiger charge is -2.61. The van der Waals surface area contributed by atoms with E-state index < -0.39 is 53.8 Å². The van der Waals surface area contributed by atoms with Crippen molar-refractivity contribution in [1.29, 1.82) is 0 Å². The van der Waals surface area contributed by atoms with Crippen LogP contribution in [-0.4, -0.2) is 79.7 Å². The first-order chi connectivity index (χ1) is 20.0. The molecule has 1 N–H and O–H groups in total. The van der Waals surface area contributed by atoms with Crippen molar-refractivity contribution in [1.82, 2.24) is 5.32 Å². The van der Waals surface area contributed by atoms with E-state index >= 15 is 0 Å². The summed E-state index contributed by atoms with van der Waals surface area (Å²) in [5, 5.41) is 2.36. The first kappa shape index (κ1) is 32.8. The molecule has 43 heavy (non-hydrogen) atoms. The van der Waals surface area contributed by atoms with Gasteiger partial charge in [-0.05, 0) is 70.1 Å². The maximum atomic E-state index is 12.7. The highest BCUT2D eigenvalue weighted by atomic mass is 16.6. The summed E-state index contributed by atoms with van der Waals surface area (Å²) in [4.78, 5) is 60.9. The molecule has 0 aromatic heterocycles. The maximum Gasteiger partial charge on any atom is 0.408 e. The van der Waals surface area contributed by atoms with Gasteiger partial charge in [0.2, 0.25) is 0 Å². The summed E-state index contributed by atoms with van der Waals surface area (Å²) in [7, 11) is 0. The third-order valence-electron chi connectivity index (χ3n) is 9.54. The van der Waals surface area contributed by atoms with E-state index in [0.717, 1.165) is 19.3 Å². The topological polar surface area (TPSA) is 156 Å². The average molecular weight is 608 g/mol. The van der Waals surface area contributed by atoms with Gasteiger partial charge in [-0.25, -0.2) is 9.59 Å². The van der Waals surface area contributed by atoms with Crippen LogP contribution in [0.2, 0.25) is 0 Å². The van der Waals surface area contributed by atoms with Crippen LogP contribution < -0.4 is 5.32 Å². The molecule has 1 spiro atoms. The Bertz CT molecular complexity index is 1170. The number of ether oxygens (including phenoxy) is 6. The van der Waals surface area contributed by atoms with Gasteiger partial charge in [0.15, 0.2) is 6.10 Å². The molecule has 4 fully saturated rings. The fourth-order valence-electron chi connectivity index (χ4n) is 7.60. The number of amides is 1. The molecule has 2 aliphatic carbocycles. The Morgan fingerprint density at radius 1 is 1.05 bits per heavy atom. The van der Waals surface area contributed by atoms with Gasteiger partial charge >= 0.3 is 30.0 Å². The molecule has 0 aromatic carbocycles. The lowest BCUT2D eigenvalue weighted by molar-refractivity contribution is -0.201. The first-order valence-electron chi connectivity index (χ1n) is 15.0. The number of alkyl carbamates (subject to hydrolysis) is 1. The molecule has 12 nitrogen and oxygen atoms in total. The normalized spacial score (nSPS) is 35.9. The Morgan fingerprint density at radius 2 is 1.74 bits per heavy atom. The summed E-state index contributed by atoms with van der Waals surface area (Å²) < 4.78 is 33.3. The minimum absolute atomic E-state index is 0.000215. The molecule has 2 heterocycles. The van der Waals surface area contributed by atoms with Gasteiger partial charge in [0, 0.05) is 19.3 Å². The Morgan fingerprint density at radius 3 is 2.35 bits per heavy atom. The van der Waals surface area contributed by atoms with Gasteiger partial charge in [0.1, 0.15) is 31.5 Å². The second-order valence-corrected chi connectivity index (χ2v) is 13.8. The van der Waals surface area contributed by atoms with E-state index in [1.807, 2.05) is 6.92 Å². The van der Waals surface area contributed by atoms with Crippen LogP contribution in [-0.2, 0) is 47.6 Å². The Hall–Kier alpha value is -3.15. The van der Waals surface area contributed by atoms with E-state index in [1.54, 1.807) is 26.8 Å². The smallest absolute Gasteiger partial charge is 0.408 e. The number of hydrogen-bond donors (Lipinski definition) is 1. The minimum Gasteiger partial charge on any atom is -0.465 e. The van der Waals surface area contributed by atoms with E-state index in [9.17, 15) is 24.0 Å². The third-order valence-corrected chi connectivity index (χ3v) is 9.54. The number of hydrogen-bond acceptors (Lipinski definition) is 11. The number of carbonyl (C=O) groups is 5. The van der Waals surface area contributed by atoms with Crippen molar-refractivity contribution in [2.45, 2.75) is 104 Å². The number of epoxide rings is 1. The van der Waals surface area contributed by atoms with Crippen molar-refractivity contribution in [3.05, 3.63) is 11.6 Å². The number of fused-ring (bicyclic) bond motifs is 1. The van der Waals surface area contributed by atoms with Crippen molar-refractivity contribution in [2.24, 2.45) is 22.7 Å². The molecule has 0 bridgehead atoms. The Kier molecular flexibility index (Phi) is 9.21. The zero-order valence-electron chi connectivity index (χ0n) is 26.2. The predicted octanol–water partition coefficient (Wildman–Crippen LogP) is 3.39. The van der Waals surface area contributed by atoms with Crippen LogP contribution in [0.4, 0.5) is 4.79 Å². The van der Waals surface area contributed by atoms with Gasteiger partial charge in [-0.1, -0.05) is 19.9 Å². The van der Waals surface area contributed by atoms with Crippen LogP contribution in [0.25, 0.3) is 0 Å². The molecular weight excluding hydrogens is 562 g/mol. The minimum atomic E-state index is -0.905. The number of allylic oxidation sites excluding steroid dienone is 1. The highest BCUT2D eigenvalue weighted by Gasteiger charge is 2.67. The lowest BCUT2D eigenvalue weighted by Crippen LogP contribution is -2.61. The molecule has 1 amide bonds. The van der Waals surface area contributed by atoms with E-state index in [0.29, 0.717) is 19.4 Å². The average Bonchev–Trinajstić information content (AvgIpc) is 3.58. The number of rotatable bonds is 8. The van der Waals surface area contributed by atoms with E-state index in [4.69, 9.17) is 28.4 Å². The molecule has 4 aliphatic rings. The Labute approximate surface area is 252 Å². The quantitative estimate of drug-likeness (QED) is 0.187. The van der Waals surface area contributed by atoms with Crippen molar-refractivity contribution >= 4 is 30.0 Å². The molecule has 2 aliphatic heterocycles. The monoisotopic (exact) mass is 607 g/mol. The second kappa shape index (κ2) is 12.1. The fraction of sp³-hybridized carbons (Fsp3) is 0.774. The number of cyclic esters (lactones) is 1. The molecular formula is C31H45NO11. The number of esters is 4. The van der Waals surface area contributed by atoms with Crippen LogP contribution in [0.15, 0.2) is 11.6 Å². The molecule has 7 atom stereocenters. The summed E-state index contributed by atoms with van der Waals surface area (Å²) in [5.74, 6) is -2.01. The van der Waals surface area contributed by atoms with E-state index in [2.05, 4.69) is 12.2 Å². The van der Waals surface area contributed by atoms with Gasteiger partial charge < -0.3 is 33.7 Å². The molecule has 2 saturated heterocycles. The van der Waals surface area contributed by atoms with Crippen LogP contribution in [0, 0.1) is 22.7 Å². The van der Waals surface area contributed by atoms with Crippen molar-refractivity contribution in [2.75, 3.05) is 26.4 Å². The highest BCUT2D eigenvalue weighted by Crippen LogP contribution is 2.66. The summed E-state index contributed by atoms with van der Waals surface area (Å²) in [6.45, 7) is 12.3. The zero-order valence-corrected chi connectivity index (χ0v) is 26.2. The molecule has 4 rings (SSSR count).